The molecular weight excluding hydrogens is 216 g/mol. The number of carbonyl (C=O) groups excluding carboxylic acids is 1. The number of rotatable bonds is 3. The van der Waals surface area contributed by atoms with Gasteiger partial charge in [-0.05, 0) is 30.5 Å². The molecule has 0 aromatic heterocycles. The van der Waals surface area contributed by atoms with E-state index in [1.54, 1.807) is 7.11 Å². The molecule has 0 bridgehead atoms. The molecule has 0 heterocycles. The van der Waals surface area contributed by atoms with Gasteiger partial charge in [0.1, 0.15) is 11.5 Å². The maximum Gasteiger partial charge on any atom is 0.138 e. The summed E-state index contributed by atoms with van der Waals surface area (Å²) in [7, 11) is 1.61. The van der Waals surface area contributed by atoms with Gasteiger partial charge in [0.2, 0.25) is 0 Å². The van der Waals surface area contributed by atoms with Gasteiger partial charge in [0.05, 0.1) is 13.2 Å². The molecular formula is C14H18O3. The van der Waals surface area contributed by atoms with Gasteiger partial charge >= 0.3 is 0 Å². The van der Waals surface area contributed by atoms with Crippen molar-refractivity contribution in [3.63, 3.8) is 0 Å². The molecule has 1 N–H and O–H groups in total. The summed E-state index contributed by atoms with van der Waals surface area (Å²) >= 11 is 0. The zero-order chi connectivity index (χ0) is 12.3. The monoisotopic (exact) mass is 234 g/mol. The van der Waals surface area contributed by atoms with Crippen molar-refractivity contribution in [2.45, 2.75) is 31.8 Å². The second-order valence-electron chi connectivity index (χ2n) is 4.54. The Labute approximate surface area is 101 Å². The van der Waals surface area contributed by atoms with E-state index in [2.05, 4.69) is 0 Å². The Bertz CT molecular complexity index is 383. The van der Waals surface area contributed by atoms with Crippen molar-refractivity contribution >= 4 is 5.78 Å². The van der Waals surface area contributed by atoms with Crippen LogP contribution in [0, 0.1) is 5.92 Å². The number of aliphatic hydroxyl groups excluding tert-OH is 1. The van der Waals surface area contributed by atoms with Crippen molar-refractivity contribution in [2.24, 2.45) is 5.92 Å². The fourth-order valence-electron chi connectivity index (χ4n) is 2.38. The lowest BCUT2D eigenvalue weighted by Crippen LogP contribution is -2.25. The highest BCUT2D eigenvalue weighted by Gasteiger charge is 2.29. The van der Waals surface area contributed by atoms with Crippen LogP contribution >= 0.6 is 0 Å². The lowest BCUT2D eigenvalue weighted by Gasteiger charge is -2.25. The molecule has 0 spiro atoms. The molecule has 1 aromatic carbocycles. The Hall–Kier alpha value is -1.35. The van der Waals surface area contributed by atoms with Crippen LogP contribution in [-0.4, -0.2) is 18.0 Å². The molecule has 0 radical (unpaired) electrons. The maximum atomic E-state index is 11.7. The molecule has 92 valence electrons. The van der Waals surface area contributed by atoms with Crippen LogP contribution < -0.4 is 4.74 Å². The van der Waals surface area contributed by atoms with Crippen molar-refractivity contribution in [3.05, 3.63) is 29.8 Å². The second-order valence-corrected chi connectivity index (χ2v) is 4.54. The average Bonchev–Trinajstić information content (AvgIpc) is 2.39. The smallest absolute Gasteiger partial charge is 0.138 e. The zero-order valence-electron chi connectivity index (χ0n) is 10.1. The van der Waals surface area contributed by atoms with E-state index in [-0.39, 0.29) is 11.7 Å². The highest BCUT2D eigenvalue weighted by molar-refractivity contribution is 5.82. The number of ether oxygens (including phenoxy) is 1. The molecule has 1 aliphatic rings. The summed E-state index contributed by atoms with van der Waals surface area (Å²) in [5.74, 6) is 0.729. The minimum Gasteiger partial charge on any atom is -0.497 e. The number of benzene rings is 1. The Morgan fingerprint density at radius 2 is 2.00 bits per heavy atom. The predicted molar refractivity (Wildman–Crippen MR) is 64.9 cm³/mol. The molecule has 0 amide bonds. The lowest BCUT2D eigenvalue weighted by molar-refractivity contribution is -0.128. The summed E-state index contributed by atoms with van der Waals surface area (Å²) in [6.07, 6.45) is 2.73. The number of hydrogen-bond donors (Lipinski definition) is 1. The van der Waals surface area contributed by atoms with Gasteiger partial charge < -0.3 is 9.84 Å². The highest BCUT2D eigenvalue weighted by Crippen LogP contribution is 2.32. The van der Waals surface area contributed by atoms with E-state index in [1.165, 1.54) is 0 Å². The van der Waals surface area contributed by atoms with Crippen LogP contribution in [0.4, 0.5) is 0 Å². The summed E-state index contributed by atoms with van der Waals surface area (Å²) in [5, 5.41) is 10.2. The molecule has 0 unspecified atom stereocenters. The number of ketones is 1. The van der Waals surface area contributed by atoms with Crippen molar-refractivity contribution in [3.8, 4) is 5.75 Å². The Morgan fingerprint density at radius 1 is 1.29 bits per heavy atom. The Kier molecular flexibility index (Phi) is 3.79. The van der Waals surface area contributed by atoms with Crippen molar-refractivity contribution < 1.29 is 14.6 Å². The zero-order valence-corrected chi connectivity index (χ0v) is 10.1. The Morgan fingerprint density at radius 3 is 2.59 bits per heavy atom. The van der Waals surface area contributed by atoms with E-state index in [9.17, 15) is 9.90 Å². The van der Waals surface area contributed by atoms with Crippen molar-refractivity contribution in [2.75, 3.05) is 7.11 Å². The molecule has 1 fully saturated rings. The van der Waals surface area contributed by atoms with Crippen LogP contribution in [0.3, 0.4) is 0 Å². The summed E-state index contributed by atoms with van der Waals surface area (Å²) in [6.45, 7) is 0. The molecule has 1 saturated carbocycles. The van der Waals surface area contributed by atoms with E-state index >= 15 is 0 Å². The molecule has 3 heteroatoms. The quantitative estimate of drug-likeness (QED) is 0.874. The Balaban J connectivity index is 2.12. The van der Waals surface area contributed by atoms with Gasteiger partial charge in [-0.25, -0.2) is 0 Å². The fourth-order valence-corrected chi connectivity index (χ4v) is 2.38. The summed E-state index contributed by atoms with van der Waals surface area (Å²) < 4.78 is 5.07. The van der Waals surface area contributed by atoms with Gasteiger partial charge in [-0.1, -0.05) is 18.6 Å². The number of methoxy groups -OCH3 is 1. The molecule has 1 aromatic rings. The van der Waals surface area contributed by atoms with E-state index in [0.29, 0.717) is 6.42 Å². The molecule has 17 heavy (non-hydrogen) atoms. The third-order valence-electron chi connectivity index (χ3n) is 3.44. The first-order chi connectivity index (χ1) is 8.22. The van der Waals surface area contributed by atoms with Crippen molar-refractivity contribution in [1.82, 2.24) is 0 Å². The molecule has 2 rings (SSSR count). The predicted octanol–water partition coefficient (Wildman–Crippen LogP) is 2.49. The molecule has 1 aliphatic carbocycles. The average molecular weight is 234 g/mol. The maximum absolute atomic E-state index is 11.7. The van der Waals surface area contributed by atoms with Gasteiger partial charge in [0.15, 0.2) is 0 Å². The van der Waals surface area contributed by atoms with Crippen LogP contribution in [-0.2, 0) is 4.79 Å². The standard InChI is InChI=1S/C14H18O3/c1-17-11-8-6-10(7-9-11)14(16)12-4-2-3-5-13(12)15/h6-9,12,14,16H,2-5H2,1H3/t12-,14-/m1/s1. The topological polar surface area (TPSA) is 46.5 Å². The van der Waals surface area contributed by atoms with Gasteiger partial charge in [-0.2, -0.15) is 0 Å². The largest absolute Gasteiger partial charge is 0.497 e. The summed E-state index contributed by atoms with van der Waals surface area (Å²) in [5.41, 5.74) is 0.797. The van der Waals surface area contributed by atoms with Crippen LogP contribution in [0.15, 0.2) is 24.3 Å². The number of aliphatic hydroxyl groups is 1. The van der Waals surface area contributed by atoms with Crippen LogP contribution in [0.2, 0.25) is 0 Å². The number of Topliss-reactive ketones (excluding diaryl/α,β-unsaturated/α-hetero) is 1. The summed E-state index contributed by atoms with van der Waals surface area (Å²) in [6, 6.07) is 7.27. The van der Waals surface area contributed by atoms with E-state index in [4.69, 9.17) is 4.74 Å². The van der Waals surface area contributed by atoms with Crippen molar-refractivity contribution in [1.29, 1.82) is 0 Å². The first kappa shape index (κ1) is 12.1. The first-order valence-corrected chi connectivity index (χ1v) is 6.07. The highest BCUT2D eigenvalue weighted by atomic mass is 16.5. The SMILES string of the molecule is COc1ccc([C@@H](O)[C@@H]2CCCCC2=O)cc1. The van der Waals surface area contributed by atoms with E-state index < -0.39 is 6.10 Å². The van der Waals surface area contributed by atoms with Crippen LogP contribution in [0.5, 0.6) is 5.75 Å². The van der Waals surface area contributed by atoms with Crippen LogP contribution in [0.1, 0.15) is 37.4 Å². The molecule has 0 aliphatic heterocycles. The minimum absolute atomic E-state index is 0.194. The molecule has 3 nitrogen and oxygen atoms in total. The van der Waals surface area contributed by atoms with Gasteiger partial charge in [0, 0.05) is 12.3 Å². The molecule has 2 atom stereocenters. The first-order valence-electron chi connectivity index (χ1n) is 6.07. The number of hydrogen-bond acceptors (Lipinski definition) is 3. The van der Waals surface area contributed by atoms with E-state index in [1.807, 2.05) is 24.3 Å². The normalized spacial score (nSPS) is 22.2. The lowest BCUT2D eigenvalue weighted by atomic mass is 9.82. The minimum atomic E-state index is -0.672. The van der Waals surface area contributed by atoms with Gasteiger partial charge in [0.25, 0.3) is 0 Å². The van der Waals surface area contributed by atoms with Gasteiger partial charge in [-0.3, -0.25) is 4.79 Å². The van der Waals surface area contributed by atoms with Crippen LogP contribution in [0.25, 0.3) is 0 Å². The third-order valence-corrected chi connectivity index (χ3v) is 3.44. The second kappa shape index (κ2) is 5.32. The van der Waals surface area contributed by atoms with E-state index in [0.717, 1.165) is 30.6 Å². The van der Waals surface area contributed by atoms with Gasteiger partial charge in [-0.15, -0.1) is 0 Å². The fraction of sp³-hybridized carbons (Fsp3) is 0.500. The molecule has 0 saturated heterocycles. The third kappa shape index (κ3) is 2.67. The number of carbonyl (C=O) groups is 1. The summed E-state index contributed by atoms with van der Waals surface area (Å²) in [4.78, 5) is 11.7.